The van der Waals surface area contributed by atoms with Crippen LogP contribution >= 0.6 is 0 Å². The number of rotatable bonds is 16. The molecule has 0 radical (unpaired) electrons. The van der Waals surface area contributed by atoms with Gasteiger partial charge in [0.05, 0.1) is 20.4 Å². The Morgan fingerprint density at radius 3 is 1.96 bits per heavy atom. The van der Waals surface area contributed by atoms with E-state index < -0.39 is 10.1 Å². The lowest BCUT2D eigenvalue weighted by Gasteiger charge is -2.24. The quantitative estimate of drug-likeness (QED) is 0.253. The number of quaternary nitrogens is 1. The SMILES string of the molecule is CCCCCCCCCCCC(=O)NCCC[N+](C)(C)OS(C)(=O)=O. The second kappa shape index (κ2) is 13.5. The molecule has 0 bridgehead atoms. The van der Waals surface area contributed by atoms with Crippen molar-refractivity contribution < 1.29 is 22.1 Å². The van der Waals surface area contributed by atoms with E-state index in [9.17, 15) is 13.2 Å². The van der Waals surface area contributed by atoms with Crippen LogP contribution in [0.15, 0.2) is 0 Å². The maximum absolute atomic E-state index is 11.8. The minimum atomic E-state index is -3.48. The van der Waals surface area contributed by atoms with Crippen molar-refractivity contribution in [3.05, 3.63) is 0 Å². The van der Waals surface area contributed by atoms with E-state index in [1.165, 1.54) is 44.9 Å². The molecule has 0 saturated heterocycles. The molecule has 0 aromatic rings. The van der Waals surface area contributed by atoms with Gasteiger partial charge in [-0.2, -0.15) is 13.1 Å². The highest BCUT2D eigenvalue weighted by Gasteiger charge is 2.23. The summed E-state index contributed by atoms with van der Waals surface area (Å²) >= 11 is 0. The minimum Gasteiger partial charge on any atom is -0.356 e. The average molecular weight is 380 g/mol. The number of nitrogens with one attached hydrogen (secondary N) is 1. The van der Waals surface area contributed by atoms with E-state index in [1.54, 1.807) is 14.1 Å². The second-order valence-electron chi connectivity index (χ2n) is 7.36. The molecule has 0 unspecified atom stereocenters. The van der Waals surface area contributed by atoms with Crippen LogP contribution < -0.4 is 5.32 Å². The first-order chi connectivity index (χ1) is 11.7. The number of unbranched alkanes of at least 4 members (excludes halogenated alkanes) is 8. The van der Waals surface area contributed by atoms with Gasteiger partial charge in [-0.25, -0.2) is 0 Å². The second-order valence-corrected chi connectivity index (χ2v) is 8.92. The van der Waals surface area contributed by atoms with Gasteiger partial charge in [-0.05, 0) is 6.42 Å². The Labute approximate surface area is 155 Å². The molecule has 0 saturated carbocycles. The number of nitrogens with zero attached hydrogens (tertiary/aromatic N) is 1. The summed E-state index contributed by atoms with van der Waals surface area (Å²) in [5, 5.41) is 2.89. The molecule has 0 fully saturated rings. The van der Waals surface area contributed by atoms with E-state index in [0.717, 1.165) is 19.1 Å². The fourth-order valence-corrected chi connectivity index (χ4v) is 3.58. The van der Waals surface area contributed by atoms with Crippen LogP contribution in [0.5, 0.6) is 0 Å². The zero-order chi connectivity index (χ0) is 19.2. The Bertz CT molecular complexity index is 450. The van der Waals surface area contributed by atoms with Crippen molar-refractivity contribution in [1.29, 1.82) is 0 Å². The van der Waals surface area contributed by atoms with Crippen molar-refractivity contribution in [2.45, 2.75) is 77.6 Å². The van der Waals surface area contributed by atoms with Gasteiger partial charge in [-0.15, -0.1) is 0 Å². The van der Waals surface area contributed by atoms with Gasteiger partial charge in [0.2, 0.25) is 5.91 Å². The highest BCUT2D eigenvalue weighted by Crippen LogP contribution is 2.10. The third-order valence-corrected chi connectivity index (χ3v) is 4.71. The molecule has 6 nitrogen and oxygen atoms in total. The molecule has 0 aliphatic rings. The smallest absolute Gasteiger partial charge is 0.311 e. The molecule has 0 aromatic carbocycles. The number of carbonyl (C=O) groups is 1. The van der Waals surface area contributed by atoms with Crippen molar-refractivity contribution in [1.82, 2.24) is 5.32 Å². The maximum atomic E-state index is 11.8. The number of hydroxylamine groups is 3. The minimum absolute atomic E-state index is 0.0625. The lowest BCUT2D eigenvalue weighted by Crippen LogP contribution is -2.43. The van der Waals surface area contributed by atoms with Gasteiger partial charge in [0.15, 0.2) is 0 Å². The van der Waals surface area contributed by atoms with Crippen LogP contribution in [0.4, 0.5) is 0 Å². The Morgan fingerprint density at radius 1 is 0.920 bits per heavy atom. The Hall–Kier alpha value is -0.660. The third kappa shape index (κ3) is 17.9. The first-order valence-electron chi connectivity index (χ1n) is 9.67. The molecule has 0 aromatic heterocycles. The average Bonchev–Trinajstić information content (AvgIpc) is 2.47. The molecule has 0 rings (SSSR count). The van der Waals surface area contributed by atoms with Crippen molar-refractivity contribution in [2.75, 3.05) is 33.4 Å². The Kier molecular flexibility index (Phi) is 13.2. The molecular weight excluding hydrogens is 340 g/mol. The largest absolute Gasteiger partial charge is 0.356 e. The summed E-state index contributed by atoms with van der Waals surface area (Å²) in [6, 6.07) is 0. The van der Waals surface area contributed by atoms with E-state index in [-0.39, 0.29) is 10.6 Å². The molecular formula is C18H39N2O4S+. The summed E-state index contributed by atoms with van der Waals surface area (Å²) in [6.45, 7) is 3.30. The van der Waals surface area contributed by atoms with Gasteiger partial charge >= 0.3 is 10.1 Å². The third-order valence-electron chi connectivity index (χ3n) is 4.04. The van der Waals surface area contributed by atoms with Crippen LogP contribution in [0.1, 0.15) is 77.6 Å². The zero-order valence-electron chi connectivity index (χ0n) is 16.7. The molecule has 25 heavy (non-hydrogen) atoms. The topological polar surface area (TPSA) is 72.5 Å². The predicted molar refractivity (Wildman–Crippen MR) is 102 cm³/mol. The lowest BCUT2D eigenvalue weighted by molar-refractivity contribution is -1.05. The fourth-order valence-electron chi connectivity index (χ4n) is 2.78. The molecule has 1 N–H and O–H groups in total. The zero-order valence-corrected chi connectivity index (χ0v) is 17.5. The van der Waals surface area contributed by atoms with Crippen molar-refractivity contribution in [3.8, 4) is 0 Å². The summed E-state index contributed by atoms with van der Waals surface area (Å²) in [4.78, 5) is 11.8. The molecule has 0 aliphatic heterocycles. The van der Waals surface area contributed by atoms with Crippen LogP contribution in [-0.4, -0.2) is 52.4 Å². The van der Waals surface area contributed by atoms with E-state index in [2.05, 4.69) is 12.2 Å². The molecule has 0 spiro atoms. The molecule has 1 amide bonds. The standard InChI is InChI=1S/C18H38N2O4S/c1-5-6-7-8-9-10-11-12-13-15-18(21)19-16-14-17-20(2,3)24-25(4,22)23/h5-17H2,1-4H3/p+1. The van der Waals surface area contributed by atoms with Crippen molar-refractivity contribution in [3.63, 3.8) is 0 Å². The Balaban J connectivity index is 3.53. The van der Waals surface area contributed by atoms with E-state index in [4.69, 9.17) is 4.28 Å². The molecule has 150 valence electrons. The molecule has 0 aliphatic carbocycles. The number of hydrogen-bond donors (Lipinski definition) is 1. The van der Waals surface area contributed by atoms with E-state index >= 15 is 0 Å². The van der Waals surface area contributed by atoms with Crippen LogP contribution in [-0.2, 0) is 19.2 Å². The van der Waals surface area contributed by atoms with Crippen LogP contribution in [0, 0.1) is 0 Å². The van der Waals surface area contributed by atoms with Gasteiger partial charge in [0, 0.05) is 19.4 Å². The van der Waals surface area contributed by atoms with Crippen LogP contribution in [0.3, 0.4) is 0 Å². The van der Waals surface area contributed by atoms with Gasteiger partial charge in [0.25, 0.3) is 0 Å². The van der Waals surface area contributed by atoms with Gasteiger partial charge in [-0.1, -0.05) is 62.6 Å². The van der Waals surface area contributed by atoms with Crippen molar-refractivity contribution >= 4 is 16.0 Å². The highest BCUT2D eigenvalue weighted by atomic mass is 32.2. The Morgan fingerprint density at radius 2 is 1.44 bits per heavy atom. The predicted octanol–water partition coefficient (Wildman–Crippen LogP) is 3.38. The number of carbonyl (C=O) groups excluding carboxylic acids is 1. The summed E-state index contributed by atoms with van der Waals surface area (Å²) in [5.74, 6) is 0.0808. The van der Waals surface area contributed by atoms with Crippen molar-refractivity contribution in [2.24, 2.45) is 0 Å². The van der Waals surface area contributed by atoms with Crippen LogP contribution in [0.2, 0.25) is 0 Å². The monoisotopic (exact) mass is 379 g/mol. The highest BCUT2D eigenvalue weighted by molar-refractivity contribution is 7.85. The van der Waals surface area contributed by atoms with Gasteiger partial charge < -0.3 is 5.32 Å². The first kappa shape index (κ1) is 24.3. The van der Waals surface area contributed by atoms with E-state index in [1.807, 2.05) is 0 Å². The number of hydrogen-bond acceptors (Lipinski definition) is 4. The first-order valence-corrected chi connectivity index (χ1v) is 11.5. The fraction of sp³-hybridized carbons (Fsp3) is 0.944. The molecule has 0 atom stereocenters. The molecule has 0 heterocycles. The molecule has 7 heteroatoms. The van der Waals surface area contributed by atoms with E-state index in [0.29, 0.717) is 25.9 Å². The lowest BCUT2D eigenvalue weighted by atomic mass is 10.1. The maximum Gasteiger partial charge on any atom is 0.311 e. The van der Waals surface area contributed by atoms with Gasteiger partial charge in [0.1, 0.15) is 6.54 Å². The van der Waals surface area contributed by atoms with Crippen LogP contribution in [0.25, 0.3) is 0 Å². The summed E-state index contributed by atoms with van der Waals surface area (Å²) in [6.07, 6.45) is 13.5. The summed E-state index contributed by atoms with van der Waals surface area (Å²) in [7, 11) is -0.106. The van der Waals surface area contributed by atoms with Gasteiger partial charge in [-0.3, -0.25) is 4.79 Å². The normalized spacial score (nSPS) is 12.3. The summed E-state index contributed by atoms with van der Waals surface area (Å²) < 4.78 is 27.2. The summed E-state index contributed by atoms with van der Waals surface area (Å²) in [5.41, 5.74) is 0. The number of amides is 1.